The molecule has 0 radical (unpaired) electrons. The molecule has 0 unspecified atom stereocenters. The van der Waals surface area contributed by atoms with Gasteiger partial charge < -0.3 is 9.84 Å². The van der Waals surface area contributed by atoms with Crippen LogP contribution in [0.3, 0.4) is 0 Å². The smallest absolute Gasteiger partial charge is 0.174 e. The van der Waals surface area contributed by atoms with Crippen LogP contribution in [0.4, 0.5) is 0 Å². The summed E-state index contributed by atoms with van der Waals surface area (Å²) in [4.78, 5) is 0. The lowest BCUT2D eigenvalue weighted by atomic mass is 10.2. The second-order valence-corrected chi connectivity index (χ2v) is 4.30. The monoisotopic (exact) mass is 228 g/mol. The third-order valence-electron chi connectivity index (χ3n) is 2.06. The van der Waals surface area contributed by atoms with E-state index in [1.54, 1.807) is 18.4 Å². The van der Waals surface area contributed by atoms with Crippen molar-refractivity contribution in [3.05, 3.63) is 28.8 Å². The normalized spacial score (nSPS) is 10.8. The van der Waals surface area contributed by atoms with E-state index in [0.29, 0.717) is 5.02 Å². The maximum atomic E-state index is 9.03. The van der Waals surface area contributed by atoms with Crippen LogP contribution in [0.25, 0.3) is 10.1 Å². The van der Waals surface area contributed by atoms with E-state index >= 15 is 0 Å². The number of hydrogen-bond donors (Lipinski definition) is 1. The molecule has 0 atom stereocenters. The zero-order valence-corrected chi connectivity index (χ0v) is 9.15. The molecule has 0 aliphatic heterocycles. The summed E-state index contributed by atoms with van der Waals surface area (Å²) in [6, 6.07) is 5.67. The van der Waals surface area contributed by atoms with Gasteiger partial charge in [0.15, 0.2) is 5.06 Å². The van der Waals surface area contributed by atoms with Gasteiger partial charge in [-0.15, -0.1) is 0 Å². The van der Waals surface area contributed by atoms with Crippen molar-refractivity contribution in [2.24, 2.45) is 0 Å². The average molecular weight is 229 g/mol. The first-order valence-corrected chi connectivity index (χ1v) is 5.31. The Balaban J connectivity index is 2.68. The molecular formula is C10H9ClO2S. The average Bonchev–Trinajstić information content (AvgIpc) is 2.62. The van der Waals surface area contributed by atoms with Crippen LogP contribution in [0.1, 0.15) is 5.56 Å². The van der Waals surface area contributed by atoms with Crippen molar-refractivity contribution in [3.63, 3.8) is 0 Å². The summed E-state index contributed by atoms with van der Waals surface area (Å²) in [5.41, 5.74) is 0.750. The molecule has 0 bridgehead atoms. The third-order valence-corrected chi connectivity index (χ3v) is 3.57. The zero-order valence-electron chi connectivity index (χ0n) is 7.58. The Morgan fingerprint density at radius 1 is 1.50 bits per heavy atom. The predicted molar refractivity (Wildman–Crippen MR) is 59.3 cm³/mol. The van der Waals surface area contributed by atoms with Crippen LogP contribution in [0.15, 0.2) is 18.2 Å². The number of ether oxygens (including phenoxy) is 1. The molecule has 1 aromatic heterocycles. The number of rotatable bonds is 2. The lowest BCUT2D eigenvalue weighted by Crippen LogP contribution is -1.83. The van der Waals surface area contributed by atoms with Gasteiger partial charge in [0.2, 0.25) is 0 Å². The molecule has 74 valence electrons. The zero-order chi connectivity index (χ0) is 10.1. The van der Waals surface area contributed by atoms with Gasteiger partial charge in [0.25, 0.3) is 0 Å². The second kappa shape index (κ2) is 3.77. The highest BCUT2D eigenvalue weighted by atomic mass is 35.5. The van der Waals surface area contributed by atoms with Crippen molar-refractivity contribution in [3.8, 4) is 5.06 Å². The van der Waals surface area contributed by atoms with Crippen LogP contribution >= 0.6 is 22.9 Å². The maximum absolute atomic E-state index is 9.03. The summed E-state index contributed by atoms with van der Waals surface area (Å²) in [5, 5.41) is 11.4. The fourth-order valence-electron chi connectivity index (χ4n) is 1.32. The van der Waals surface area contributed by atoms with Crippen LogP contribution in [-0.4, -0.2) is 12.2 Å². The van der Waals surface area contributed by atoms with Crippen molar-refractivity contribution in [1.82, 2.24) is 0 Å². The molecule has 1 heterocycles. The van der Waals surface area contributed by atoms with Gasteiger partial charge in [0.1, 0.15) is 0 Å². The lowest BCUT2D eigenvalue weighted by molar-refractivity contribution is 0.282. The molecule has 2 nitrogen and oxygen atoms in total. The van der Waals surface area contributed by atoms with E-state index in [9.17, 15) is 0 Å². The molecule has 0 aliphatic rings. The van der Waals surface area contributed by atoms with Crippen LogP contribution in [0.5, 0.6) is 5.06 Å². The Hall–Kier alpha value is -0.770. The van der Waals surface area contributed by atoms with Gasteiger partial charge in [0, 0.05) is 16.2 Å². The second-order valence-electron chi connectivity index (χ2n) is 2.88. The van der Waals surface area contributed by atoms with Gasteiger partial charge in [0.05, 0.1) is 18.7 Å². The summed E-state index contributed by atoms with van der Waals surface area (Å²) in [7, 11) is 1.63. The van der Waals surface area contributed by atoms with E-state index in [-0.39, 0.29) is 6.61 Å². The Labute approximate surface area is 90.7 Å². The molecule has 0 saturated carbocycles. The Kier molecular flexibility index (Phi) is 2.63. The van der Waals surface area contributed by atoms with E-state index in [2.05, 4.69) is 0 Å². The molecule has 0 spiro atoms. The molecular weight excluding hydrogens is 220 g/mol. The lowest BCUT2D eigenvalue weighted by Gasteiger charge is -1.99. The molecule has 0 fully saturated rings. The van der Waals surface area contributed by atoms with Crippen LogP contribution < -0.4 is 4.74 Å². The highest BCUT2D eigenvalue weighted by Gasteiger charge is 2.08. The molecule has 1 N–H and O–H groups in total. The Bertz CT molecular complexity index is 464. The summed E-state index contributed by atoms with van der Waals surface area (Å²) >= 11 is 7.65. The van der Waals surface area contributed by atoms with Gasteiger partial charge in [-0.05, 0) is 11.6 Å². The highest BCUT2D eigenvalue weighted by molar-refractivity contribution is 7.20. The van der Waals surface area contributed by atoms with Gasteiger partial charge >= 0.3 is 0 Å². The van der Waals surface area contributed by atoms with Crippen LogP contribution in [-0.2, 0) is 6.61 Å². The highest BCUT2D eigenvalue weighted by Crippen LogP contribution is 2.37. The van der Waals surface area contributed by atoms with Gasteiger partial charge in [-0.1, -0.05) is 29.0 Å². The minimum absolute atomic E-state index is 0.0348. The molecule has 2 rings (SSSR count). The molecule has 2 aromatic rings. The van der Waals surface area contributed by atoms with Crippen molar-refractivity contribution in [1.29, 1.82) is 0 Å². The van der Waals surface area contributed by atoms with Crippen molar-refractivity contribution in [2.75, 3.05) is 7.11 Å². The number of halogens is 1. The van der Waals surface area contributed by atoms with Crippen molar-refractivity contribution < 1.29 is 9.84 Å². The first-order valence-electron chi connectivity index (χ1n) is 4.12. The Morgan fingerprint density at radius 2 is 2.29 bits per heavy atom. The number of benzene rings is 1. The van der Waals surface area contributed by atoms with Crippen LogP contribution in [0.2, 0.25) is 5.02 Å². The number of aliphatic hydroxyl groups is 1. The third kappa shape index (κ3) is 1.47. The fourth-order valence-corrected chi connectivity index (χ4v) is 2.54. The fraction of sp³-hybridized carbons (Fsp3) is 0.200. The number of aliphatic hydroxyl groups excluding tert-OH is 1. The SMILES string of the molecule is COc1cc2c(Cl)c(CO)ccc2s1. The summed E-state index contributed by atoms with van der Waals surface area (Å²) < 4.78 is 6.20. The quantitative estimate of drug-likeness (QED) is 0.856. The van der Waals surface area contributed by atoms with Gasteiger partial charge in [-0.2, -0.15) is 0 Å². The molecule has 4 heteroatoms. The Morgan fingerprint density at radius 3 is 2.93 bits per heavy atom. The van der Waals surface area contributed by atoms with E-state index in [0.717, 1.165) is 20.7 Å². The number of hydrogen-bond acceptors (Lipinski definition) is 3. The molecule has 0 saturated heterocycles. The first kappa shape index (κ1) is 9.77. The molecule has 0 amide bonds. The minimum Gasteiger partial charge on any atom is -0.487 e. The standard InChI is InChI=1S/C10H9ClO2S/c1-13-9-4-7-8(14-9)3-2-6(5-12)10(7)11/h2-4,12H,5H2,1H3. The van der Waals surface area contributed by atoms with Gasteiger partial charge in [-0.3, -0.25) is 0 Å². The van der Waals surface area contributed by atoms with E-state index in [1.165, 1.54) is 0 Å². The van der Waals surface area contributed by atoms with E-state index in [1.807, 2.05) is 18.2 Å². The first-order chi connectivity index (χ1) is 6.76. The minimum atomic E-state index is -0.0348. The largest absolute Gasteiger partial charge is 0.487 e. The van der Waals surface area contributed by atoms with Crippen LogP contribution in [0, 0.1) is 0 Å². The number of fused-ring (bicyclic) bond motifs is 1. The summed E-state index contributed by atoms with van der Waals surface area (Å²) in [5.74, 6) is 0. The summed E-state index contributed by atoms with van der Waals surface area (Å²) in [6.07, 6.45) is 0. The predicted octanol–water partition coefficient (Wildman–Crippen LogP) is 3.06. The van der Waals surface area contributed by atoms with E-state index < -0.39 is 0 Å². The summed E-state index contributed by atoms with van der Waals surface area (Å²) in [6.45, 7) is -0.0348. The molecule has 14 heavy (non-hydrogen) atoms. The van der Waals surface area contributed by atoms with E-state index in [4.69, 9.17) is 21.4 Å². The van der Waals surface area contributed by atoms with Crippen molar-refractivity contribution >= 4 is 33.0 Å². The maximum Gasteiger partial charge on any atom is 0.174 e. The van der Waals surface area contributed by atoms with Gasteiger partial charge in [-0.25, -0.2) is 0 Å². The number of methoxy groups -OCH3 is 1. The van der Waals surface area contributed by atoms with Crippen molar-refractivity contribution in [2.45, 2.75) is 6.61 Å². The topological polar surface area (TPSA) is 29.5 Å². The number of thiophene rings is 1. The molecule has 1 aromatic carbocycles. The molecule has 0 aliphatic carbocycles.